The van der Waals surface area contributed by atoms with Gasteiger partial charge in [0.1, 0.15) is 12.3 Å². The topological polar surface area (TPSA) is 38.9 Å². The number of oxime groups is 1. The first-order valence-electron chi connectivity index (χ1n) is 9.37. The lowest BCUT2D eigenvalue weighted by molar-refractivity contribution is -0.137. The molecule has 0 spiro atoms. The Labute approximate surface area is 181 Å². The van der Waals surface area contributed by atoms with Gasteiger partial charge >= 0.3 is 6.18 Å². The van der Waals surface area contributed by atoms with Crippen molar-refractivity contribution in [2.45, 2.75) is 19.7 Å². The highest BCUT2D eigenvalue weighted by atomic mass is 35.5. The molecule has 0 aliphatic heterocycles. The van der Waals surface area contributed by atoms with Crippen LogP contribution in [0, 0.1) is 6.92 Å². The second-order valence-corrected chi connectivity index (χ2v) is 7.43. The largest absolute Gasteiger partial charge is 0.416 e. The van der Waals surface area contributed by atoms with Crippen molar-refractivity contribution in [1.29, 1.82) is 0 Å². The summed E-state index contributed by atoms with van der Waals surface area (Å²) in [7, 11) is 0. The lowest BCUT2D eigenvalue weighted by Gasteiger charge is -2.08. The number of rotatable bonds is 5. The molecule has 2 aromatic carbocycles. The Balaban J connectivity index is 1.61. The number of aryl methyl sites for hydroxylation is 1. The van der Waals surface area contributed by atoms with Crippen LogP contribution in [-0.2, 0) is 17.6 Å². The zero-order valence-electron chi connectivity index (χ0n) is 16.4. The second kappa shape index (κ2) is 8.43. The standard InChI is InChI=1S/C23H17ClF3N3O/c1-15-9-10-30-20(22(29-21(30)11-15)17-5-7-19(24)8-6-17)13-28-31-14-16-3-2-4-18(12-16)23(25,26)27/h2-13H,14H2,1H3. The van der Waals surface area contributed by atoms with Crippen LogP contribution in [0.15, 0.2) is 72.0 Å². The number of fused-ring (bicyclic) bond motifs is 1. The first kappa shape index (κ1) is 20.9. The molecule has 0 fully saturated rings. The van der Waals surface area contributed by atoms with Gasteiger partial charge in [0, 0.05) is 16.8 Å². The van der Waals surface area contributed by atoms with Crippen LogP contribution >= 0.6 is 11.6 Å². The molecule has 4 rings (SSSR count). The summed E-state index contributed by atoms with van der Waals surface area (Å²) in [5.74, 6) is 0. The van der Waals surface area contributed by atoms with Gasteiger partial charge in [-0.2, -0.15) is 13.2 Å². The van der Waals surface area contributed by atoms with Crippen molar-refractivity contribution in [2.75, 3.05) is 0 Å². The molecule has 4 nitrogen and oxygen atoms in total. The minimum atomic E-state index is -4.40. The van der Waals surface area contributed by atoms with E-state index in [9.17, 15) is 13.2 Å². The Kier molecular flexibility index (Phi) is 5.69. The van der Waals surface area contributed by atoms with E-state index in [1.165, 1.54) is 12.3 Å². The molecule has 0 saturated heterocycles. The number of aromatic nitrogens is 2. The number of hydrogen-bond donors (Lipinski definition) is 0. The maximum absolute atomic E-state index is 12.9. The number of imidazole rings is 1. The van der Waals surface area contributed by atoms with Crippen LogP contribution in [0.1, 0.15) is 22.4 Å². The number of pyridine rings is 1. The Bertz CT molecular complexity index is 1250. The Morgan fingerprint density at radius 1 is 1.10 bits per heavy atom. The number of benzene rings is 2. The third-order valence-corrected chi connectivity index (χ3v) is 4.92. The van der Waals surface area contributed by atoms with Gasteiger partial charge in [0.25, 0.3) is 0 Å². The minimum absolute atomic E-state index is 0.0907. The molecule has 0 saturated carbocycles. The van der Waals surface area contributed by atoms with Gasteiger partial charge in [-0.25, -0.2) is 4.98 Å². The summed E-state index contributed by atoms with van der Waals surface area (Å²) in [6.07, 6.45) is -1.01. The molecule has 2 heterocycles. The van der Waals surface area contributed by atoms with Crippen molar-refractivity contribution in [3.63, 3.8) is 0 Å². The van der Waals surface area contributed by atoms with Gasteiger partial charge in [-0.05, 0) is 54.4 Å². The predicted octanol–water partition coefficient (Wildman–Crippen LogP) is 6.53. The van der Waals surface area contributed by atoms with E-state index in [0.29, 0.717) is 22.0 Å². The fraction of sp³-hybridized carbons (Fsp3) is 0.130. The highest BCUT2D eigenvalue weighted by molar-refractivity contribution is 6.30. The molecule has 0 unspecified atom stereocenters. The summed E-state index contributed by atoms with van der Waals surface area (Å²) in [6.45, 7) is 1.88. The summed E-state index contributed by atoms with van der Waals surface area (Å²) in [6, 6.07) is 16.1. The first-order chi connectivity index (χ1) is 14.8. The van der Waals surface area contributed by atoms with E-state index in [1.54, 1.807) is 18.2 Å². The molecular weight excluding hydrogens is 427 g/mol. The van der Waals surface area contributed by atoms with Crippen LogP contribution in [0.5, 0.6) is 0 Å². The van der Waals surface area contributed by atoms with Crippen molar-refractivity contribution < 1.29 is 18.0 Å². The smallest absolute Gasteiger partial charge is 0.391 e. The normalized spacial score (nSPS) is 12.0. The monoisotopic (exact) mass is 443 g/mol. The van der Waals surface area contributed by atoms with Crippen LogP contribution in [0.4, 0.5) is 13.2 Å². The van der Waals surface area contributed by atoms with E-state index < -0.39 is 11.7 Å². The summed E-state index contributed by atoms with van der Waals surface area (Å²) < 4.78 is 40.5. The van der Waals surface area contributed by atoms with E-state index in [1.807, 2.05) is 41.8 Å². The number of halogens is 4. The third kappa shape index (κ3) is 4.72. The zero-order valence-corrected chi connectivity index (χ0v) is 17.2. The van der Waals surface area contributed by atoms with E-state index in [2.05, 4.69) is 5.16 Å². The van der Waals surface area contributed by atoms with Crippen molar-refractivity contribution in [1.82, 2.24) is 9.38 Å². The Morgan fingerprint density at radius 2 is 1.87 bits per heavy atom. The molecule has 0 amide bonds. The molecule has 0 aliphatic rings. The Morgan fingerprint density at radius 3 is 2.61 bits per heavy atom. The fourth-order valence-electron chi connectivity index (χ4n) is 3.15. The van der Waals surface area contributed by atoms with Crippen molar-refractivity contribution >= 4 is 23.5 Å². The fourth-order valence-corrected chi connectivity index (χ4v) is 3.27. The van der Waals surface area contributed by atoms with Crippen LogP contribution in [0.3, 0.4) is 0 Å². The summed E-state index contributed by atoms with van der Waals surface area (Å²) in [5.41, 5.74) is 3.67. The molecule has 2 aromatic heterocycles. The molecule has 0 N–H and O–H groups in total. The van der Waals surface area contributed by atoms with Crippen molar-refractivity contribution in [3.8, 4) is 11.3 Å². The Hall–Kier alpha value is -3.32. The van der Waals surface area contributed by atoms with Gasteiger partial charge < -0.3 is 4.84 Å². The van der Waals surface area contributed by atoms with Gasteiger partial charge in [0.2, 0.25) is 0 Å². The molecule has 0 bridgehead atoms. The van der Waals surface area contributed by atoms with E-state index >= 15 is 0 Å². The maximum atomic E-state index is 12.9. The predicted molar refractivity (Wildman–Crippen MR) is 114 cm³/mol. The van der Waals surface area contributed by atoms with Crippen LogP contribution < -0.4 is 0 Å². The first-order valence-corrected chi connectivity index (χ1v) is 9.75. The van der Waals surface area contributed by atoms with Crippen LogP contribution in [0.2, 0.25) is 5.02 Å². The highest BCUT2D eigenvalue weighted by Gasteiger charge is 2.30. The molecule has 4 aromatic rings. The van der Waals surface area contributed by atoms with Crippen LogP contribution in [0.25, 0.3) is 16.9 Å². The summed E-state index contributed by atoms with van der Waals surface area (Å²) in [4.78, 5) is 9.98. The van der Waals surface area contributed by atoms with Crippen molar-refractivity contribution in [2.24, 2.45) is 5.16 Å². The lowest BCUT2D eigenvalue weighted by Crippen LogP contribution is -2.05. The lowest BCUT2D eigenvalue weighted by atomic mass is 10.1. The molecular formula is C23H17ClF3N3O. The minimum Gasteiger partial charge on any atom is -0.391 e. The second-order valence-electron chi connectivity index (χ2n) is 6.99. The third-order valence-electron chi connectivity index (χ3n) is 4.67. The van der Waals surface area contributed by atoms with Gasteiger partial charge in [-0.1, -0.05) is 41.0 Å². The number of nitrogens with zero attached hydrogens (tertiary/aromatic N) is 3. The highest BCUT2D eigenvalue weighted by Crippen LogP contribution is 2.30. The number of alkyl halides is 3. The molecule has 31 heavy (non-hydrogen) atoms. The zero-order chi connectivity index (χ0) is 22.0. The molecule has 8 heteroatoms. The average Bonchev–Trinajstić information content (AvgIpc) is 3.09. The maximum Gasteiger partial charge on any atom is 0.416 e. The van der Waals surface area contributed by atoms with Crippen molar-refractivity contribution in [3.05, 3.63) is 94.3 Å². The molecule has 0 atom stereocenters. The molecule has 0 radical (unpaired) electrons. The molecule has 0 aliphatic carbocycles. The summed E-state index contributed by atoms with van der Waals surface area (Å²) in [5, 5.41) is 4.60. The van der Waals surface area contributed by atoms with Gasteiger partial charge in [0.05, 0.1) is 23.2 Å². The summed E-state index contributed by atoms with van der Waals surface area (Å²) >= 11 is 6.00. The van der Waals surface area contributed by atoms with E-state index in [4.69, 9.17) is 21.4 Å². The van der Waals surface area contributed by atoms with E-state index in [0.717, 1.165) is 28.9 Å². The SMILES string of the molecule is Cc1ccn2c(C=NOCc3cccc(C(F)(F)F)c3)c(-c3ccc(Cl)cc3)nc2c1. The number of hydrogen-bond acceptors (Lipinski definition) is 3. The van der Waals surface area contributed by atoms with Crippen LogP contribution in [-0.4, -0.2) is 15.6 Å². The van der Waals surface area contributed by atoms with Gasteiger partial charge in [-0.3, -0.25) is 4.40 Å². The van der Waals surface area contributed by atoms with E-state index in [-0.39, 0.29) is 6.61 Å². The van der Waals surface area contributed by atoms with Gasteiger partial charge in [0.15, 0.2) is 0 Å². The molecule has 158 valence electrons. The quantitative estimate of drug-likeness (QED) is 0.260. The average molecular weight is 444 g/mol. The van der Waals surface area contributed by atoms with Gasteiger partial charge in [-0.15, -0.1) is 0 Å².